The molecule has 0 bridgehead atoms. The summed E-state index contributed by atoms with van der Waals surface area (Å²) in [5.41, 5.74) is 8.02. The van der Waals surface area contributed by atoms with E-state index < -0.39 is 0 Å². The molecule has 3 nitrogen and oxygen atoms in total. The van der Waals surface area contributed by atoms with E-state index in [1.165, 1.54) is 0 Å². The minimum Gasteiger partial charge on any atom is -0.398 e. The fourth-order valence-corrected chi connectivity index (χ4v) is 1.97. The van der Waals surface area contributed by atoms with Gasteiger partial charge in [0.2, 0.25) is 0 Å². The summed E-state index contributed by atoms with van der Waals surface area (Å²) in [7, 11) is 1.84. The lowest BCUT2D eigenvalue weighted by atomic mass is 10.0. The second-order valence-corrected chi connectivity index (χ2v) is 4.59. The van der Waals surface area contributed by atoms with Crippen LogP contribution in [0.4, 0.5) is 5.69 Å². The molecule has 94 valence electrons. The molecule has 1 aromatic carbocycles. The summed E-state index contributed by atoms with van der Waals surface area (Å²) in [4.78, 5) is 14.1. The van der Waals surface area contributed by atoms with Crippen LogP contribution in [0, 0.1) is 6.92 Å². The average molecular weight is 234 g/mol. The number of hydrogen-bond acceptors (Lipinski definition) is 2. The van der Waals surface area contributed by atoms with E-state index in [9.17, 15) is 4.79 Å². The van der Waals surface area contributed by atoms with Crippen molar-refractivity contribution in [1.29, 1.82) is 0 Å². The zero-order chi connectivity index (χ0) is 13.0. The third-order valence-electron chi connectivity index (χ3n) is 3.21. The van der Waals surface area contributed by atoms with Gasteiger partial charge in [0.15, 0.2) is 0 Å². The Morgan fingerprint density at radius 1 is 1.47 bits per heavy atom. The molecule has 0 aromatic heterocycles. The van der Waals surface area contributed by atoms with E-state index in [2.05, 4.69) is 13.8 Å². The van der Waals surface area contributed by atoms with Crippen LogP contribution in [-0.4, -0.2) is 23.9 Å². The van der Waals surface area contributed by atoms with Crippen LogP contribution in [0.3, 0.4) is 0 Å². The molecule has 0 heterocycles. The highest BCUT2D eigenvalue weighted by molar-refractivity contribution is 6.00. The third kappa shape index (κ3) is 2.99. The molecule has 1 amide bonds. The first kappa shape index (κ1) is 13.6. The Balaban J connectivity index is 2.96. The van der Waals surface area contributed by atoms with Crippen molar-refractivity contribution in [3.05, 3.63) is 29.3 Å². The summed E-state index contributed by atoms with van der Waals surface area (Å²) in [6.45, 7) is 6.11. The molecule has 0 saturated heterocycles. The third-order valence-corrected chi connectivity index (χ3v) is 3.21. The molecule has 0 aliphatic rings. The van der Waals surface area contributed by atoms with Crippen molar-refractivity contribution in [2.45, 2.75) is 39.7 Å². The number of benzene rings is 1. The van der Waals surface area contributed by atoms with Gasteiger partial charge >= 0.3 is 0 Å². The lowest BCUT2D eigenvalue weighted by Crippen LogP contribution is -2.35. The van der Waals surface area contributed by atoms with Crippen LogP contribution in [-0.2, 0) is 0 Å². The zero-order valence-electron chi connectivity index (χ0n) is 11.2. The van der Waals surface area contributed by atoms with E-state index in [0.717, 1.165) is 18.4 Å². The SMILES string of the molecule is CCCC(C)N(C)C(=O)c1c(C)cccc1N. The number of rotatable bonds is 4. The standard InChI is InChI=1S/C14H22N2O/c1-5-7-11(3)16(4)14(17)13-10(2)8-6-9-12(13)15/h6,8-9,11H,5,7,15H2,1-4H3. The van der Waals surface area contributed by atoms with Crippen molar-refractivity contribution in [1.82, 2.24) is 4.90 Å². The highest BCUT2D eigenvalue weighted by Gasteiger charge is 2.20. The van der Waals surface area contributed by atoms with Crippen LogP contribution < -0.4 is 5.73 Å². The van der Waals surface area contributed by atoms with Gasteiger partial charge in [-0.05, 0) is 31.9 Å². The Labute approximate surface area is 104 Å². The van der Waals surface area contributed by atoms with Crippen molar-refractivity contribution in [3.8, 4) is 0 Å². The van der Waals surface area contributed by atoms with Crippen molar-refractivity contribution in [3.63, 3.8) is 0 Å². The topological polar surface area (TPSA) is 46.3 Å². The Morgan fingerprint density at radius 3 is 2.65 bits per heavy atom. The molecule has 0 fully saturated rings. The Kier molecular flexibility index (Phi) is 4.55. The number of amides is 1. The predicted octanol–water partition coefficient (Wildman–Crippen LogP) is 2.84. The fraction of sp³-hybridized carbons (Fsp3) is 0.500. The molecule has 1 atom stereocenters. The van der Waals surface area contributed by atoms with E-state index in [0.29, 0.717) is 11.3 Å². The van der Waals surface area contributed by atoms with Gasteiger partial charge in [-0.3, -0.25) is 4.79 Å². The Hall–Kier alpha value is -1.51. The van der Waals surface area contributed by atoms with Gasteiger partial charge in [-0.2, -0.15) is 0 Å². The quantitative estimate of drug-likeness (QED) is 0.814. The number of nitrogens with zero attached hydrogens (tertiary/aromatic N) is 1. The van der Waals surface area contributed by atoms with Crippen LogP contribution >= 0.6 is 0 Å². The fourth-order valence-electron chi connectivity index (χ4n) is 1.97. The number of carbonyl (C=O) groups excluding carboxylic acids is 1. The summed E-state index contributed by atoms with van der Waals surface area (Å²) in [5, 5.41) is 0. The molecule has 1 rings (SSSR count). The molecule has 0 radical (unpaired) electrons. The maximum absolute atomic E-state index is 12.3. The molecule has 17 heavy (non-hydrogen) atoms. The first-order valence-corrected chi connectivity index (χ1v) is 6.11. The maximum Gasteiger partial charge on any atom is 0.256 e. The Morgan fingerprint density at radius 2 is 2.12 bits per heavy atom. The minimum atomic E-state index is 0.0153. The summed E-state index contributed by atoms with van der Waals surface area (Å²) in [5.74, 6) is 0.0153. The average Bonchev–Trinajstić information content (AvgIpc) is 2.27. The van der Waals surface area contributed by atoms with Crippen molar-refractivity contribution in [2.24, 2.45) is 0 Å². The number of carbonyl (C=O) groups is 1. The smallest absolute Gasteiger partial charge is 0.256 e. The zero-order valence-corrected chi connectivity index (χ0v) is 11.2. The van der Waals surface area contributed by atoms with Crippen LogP contribution in [0.1, 0.15) is 42.6 Å². The lowest BCUT2D eigenvalue weighted by Gasteiger charge is -2.26. The van der Waals surface area contributed by atoms with Gasteiger partial charge in [0.25, 0.3) is 5.91 Å². The number of nitrogens with two attached hydrogens (primary N) is 1. The van der Waals surface area contributed by atoms with Crippen molar-refractivity contribution in [2.75, 3.05) is 12.8 Å². The summed E-state index contributed by atoms with van der Waals surface area (Å²) < 4.78 is 0. The van der Waals surface area contributed by atoms with Gasteiger partial charge < -0.3 is 10.6 Å². The van der Waals surface area contributed by atoms with Crippen LogP contribution in [0.15, 0.2) is 18.2 Å². The number of nitrogen functional groups attached to an aromatic ring is 1. The van der Waals surface area contributed by atoms with Gasteiger partial charge in [0, 0.05) is 18.8 Å². The highest BCUT2D eigenvalue weighted by atomic mass is 16.2. The monoisotopic (exact) mass is 234 g/mol. The molecule has 1 aromatic rings. The largest absolute Gasteiger partial charge is 0.398 e. The molecule has 3 heteroatoms. The summed E-state index contributed by atoms with van der Waals surface area (Å²) in [6.07, 6.45) is 2.08. The van der Waals surface area contributed by atoms with E-state index >= 15 is 0 Å². The molecule has 0 spiro atoms. The normalized spacial score (nSPS) is 12.2. The number of aryl methyl sites for hydroxylation is 1. The lowest BCUT2D eigenvalue weighted by molar-refractivity contribution is 0.0737. The van der Waals surface area contributed by atoms with E-state index in [1.807, 2.05) is 26.1 Å². The van der Waals surface area contributed by atoms with Gasteiger partial charge in [-0.1, -0.05) is 25.5 Å². The summed E-state index contributed by atoms with van der Waals surface area (Å²) in [6, 6.07) is 5.81. The first-order valence-electron chi connectivity index (χ1n) is 6.11. The molecular formula is C14H22N2O. The first-order chi connectivity index (χ1) is 7.99. The second-order valence-electron chi connectivity index (χ2n) is 4.59. The Bertz CT molecular complexity index is 381. The van der Waals surface area contributed by atoms with Crippen LogP contribution in [0.25, 0.3) is 0 Å². The van der Waals surface area contributed by atoms with Crippen molar-refractivity contribution < 1.29 is 4.79 Å². The van der Waals surface area contributed by atoms with Crippen molar-refractivity contribution >= 4 is 11.6 Å². The second kappa shape index (κ2) is 5.71. The van der Waals surface area contributed by atoms with Gasteiger partial charge in [-0.15, -0.1) is 0 Å². The minimum absolute atomic E-state index is 0.0153. The van der Waals surface area contributed by atoms with Crippen LogP contribution in [0.5, 0.6) is 0 Å². The van der Waals surface area contributed by atoms with Gasteiger partial charge in [0.05, 0.1) is 5.56 Å². The molecule has 0 saturated carbocycles. The molecule has 1 unspecified atom stereocenters. The van der Waals surface area contributed by atoms with E-state index in [1.54, 1.807) is 11.0 Å². The van der Waals surface area contributed by atoms with E-state index in [4.69, 9.17) is 5.73 Å². The number of anilines is 1. The van der Waals surface area contributed by atoms with Gasteiger partial charge in [0.1, 0.15) is 0 Å². The number of hydrogen-bond donors (Lipinski definition) is 1. The molecule has 2 N–H and O–H groups in total. The molecule has 0 aliphatic carbocycles. The van der Waals surface area contributed by atoms with E-state index in [-0.39, 0.29) is 11.9 Å². The molecular weight excluding hydrogens is 212 g/mol. The molecule has 0 aliphatic heterocycles. The van der Waals surface area contributed by atoms with Gasteiger partial charge in [-0.25, -0.2) is 0 Å². The predicted molar refractivity (Wildman–Crippen MR) is 72.1 cm³/mol. The van der Waals surface area contributed by atoms with Crippen LogP contribution in [0.2, 0.25) is 0 Å². The summed E-state index contributed by atoms with van der Waals surface area (Å²) >= 11 is 0. The maximum atomic E-state index is 12.3. The highest BCUT2D eigenvalue weighted by Crippen LogP contribution is 2.19.